The molecule has 6 nitrogen and oxygen atoms in total. The van der Waals surface area contributed by atoms with E-state index in [0.29, 0.717) is 5.41 Å². The molecular formula is C13H20N4O2. The molecule has 0 bridgehead atoms. The standard InChI is InChI=1S/C13H20N4O2/c14-11-10(15-19-16-11)12(18)17-8-6-13(7-9-17)4-2-1-3-5-13/h1-9H2,(H2,14,16). The Labute approximate surface area is 112 Å². The van der Waals surface area contributed by atoms with Gasteiger partial charge in [-0.1, -0.05) is 19.3 Å². The van der Waals surface area contributed by atoms with Crippen LogP contribution < -0.4 is 5.73 Å². The Morgan fingerprint density at radius 2 is 1.79 bits per heavy atom. The lowest BCUT2D eigenvalue weighted by atomic mass is 9.68. The Balaban J connectivity index is 1.64. The molecule has 6 heteroatoms. The first-order valence-corrected chi connectivity index (χ1v) is 7.08. The number of carbonyl (C=O) groups excluding carboxylic acids is 1. The van der Waals surface area contributed by atoms with Gasteiger partial charge in [0.25, 0.3) is 5.91 Å². The number of piperidine rings is 1. The lowest BCUT2D eigenvalue weighted by molar-refractivity contribution is 0.0464. The van der Waals surface area contributed by atoms with Crippen molar-refractivity contribution in [2.75, 3.05) is 18.8 Å². The van der Waals surface area contributed by atoms with Gasteiger partial charge in [0.05, 0.1) is 0 Å². The molecule has 1 aliphatic heterocycles. The number of anilines is 1. The topological polar surface area (TPSA) is 85.2 Å². The number of nitrogens with two attached hydrogens (primary N) is 1. The van der Waals surface area contributed by atoms with E-state index in [1.54, 1.807) is 0 Å². The highest BCUT2D eigenvalue weighted by molar-refractivity contribution is 5.96. The minimum absolute atomic E-state index is 0.0861. The van der Waals surface area contributed by atoms with Gasteiger partial charge in [0, 0.05) is 13.1 Å². The third-order valence-electron chi connectivity index (χ3n) is 4.74. The Hall–Kier alpha value is -1.59. The summed E-state index contributed by atoms with van der Waals surface area (Å²) in [5.74, 6) is -0.0626. The molecule has 3 rings (SSSR count). The maximum atomic E-state index is 12.2. The van der Waals surface area contributed by atoms with Gasteiger partial charge in [0.15, 0.2) is 0 Å². The molecule has 1 aliphatic carbocycles. The fourth-order valence-electron chi connectivity index (χ4n) is 3.48. The zero-order valence-corrected chi connectivity index (χ0v) is 11.1. The Bertz CT molecular complexity index is 455. The van der Waals surface area contributed by atoms with Crippen LogP contribution in [0.5, 0.6) is 0 Å². The minimum atomic E-state index is -0.149. The molecule has 2 fully saturated rings. The number of hydrogen-bond acceptors (Lipinski definition) is 5. The van der Waals surface area contributed by atoms with Crippen molar-refractivity contribution in [3.05, 3.63) is 5.69 Å². The van der Waals surface area contributed by atoms with Crippen molar-refractivity contribution >= 4 is 11.7 Å². The van der Waals surface area contributed by atoms with Gasteiger partial charge in [-0.2, -0.15) is 0 Å². The zero-order valence-electron chi connectivity index (χ0n) is 11.1. The fraction of sp³-hybridized carbons (Fsp3) is 0.769. The summed E-state index contributed by atoms with van der Waals surface area (Å²) in [6.07, 6.45) is 8.90. The summed E-state index contributed by atoms with van der Waals surface area (Å²) >= 11 is 0. The van der Waals surface area contributed by atoms with Crippen molar-refractivity contribution in [2.24, 2.45) is 5.41 Å². The van der Waals surface area contributed by atoms with Crippen molar-refractivity contribution in [3.8, 4) is 0 Å². The molecule has 0 unspecified atom stereocenters. The molecule has 2 N–H and O–H groups in total. The van der Waals surface area contributed by atoms with E-state index < -0.39 is 0 Å². The number of amides is 1. The smallest absolute Gasteiger partial charge is 0.280 e. The number of likely N-dealkylation sites (tertiary alicyclic amines) is 1. The summed E-state index contributed by atoms with van der Waals surface area (Å²) in [6.45, 7) is 1.59. The molecule has 1 saturated heterocycles. The van der Waals surface area contributed by atoms with E-state index in [1.807, 2.05) is 4.90 Å². The summed E-state index contributed by atoms with van der Waals surface area (Å²) < 4.78 is 4.49. The molecule has 1 amide bonds. The first-order valence-electron chi connectivity index (χ1n) is 7.08. The number of rotatable bonds is 1. The molecule has 0 atom stereocenters. The van der Waals surface area contributed by atoms with E-state index in [0.717, 1.165) is 25.9 Å². The molecular weight excluding hydrogens is 244 g/mol. The van der Waals surface area contributed by atoms with Crippen LogP contribution >= 0.6 is 0 Å². The number of aromatic nitrogens is 2. The maximum absolute atomic E-state index is 12.2. The largest absolute Gasteiger partial charge is 0.379 e. The number of nitrogen functional groups attached to an aromatic ring is 1. The molecule has 2 heterocycles. The van der Waals surface area contributed by atoms with Crippen LogP contribution in [0, 0.1) is 5.41 Å². The minimum Gasteiger partial charge on any atom is -0.379 e. The van der Waals surface area contributed by atoms with Crippen molar-refractivity contribution < 1.29 is 9.42 Å². The highest BCUT2D eigenvalue weighted by Gasteiger charge is 2.37. The first kappa shape index (κ1) is 12.4. The van der Waals surface area contributed by atoms with Crippen LogP contribution in [0.4, 0.5) is 5.82 Å². The van der Waals surface area contributed by atoms with Crippen LogP contribution in [-0.2, 0) is 0 Å². The van der Waals surface area contributed by atoms with E-state index in [4.69, 9.17) is 5.73 Å². The Morgan fingerprint density at radius 3 is 2.37 bits per heavy atom. The third kappa shape index (κ3) is 2.31. The lowest BCUT2D eigenvalue weighted by Gasteiger charge is -2.44. The maximum Gasteiger partial charge on any atom is 0.280 e. The second kappa shape index (κ2) is 4.83. The van der Waals surface area contributed by atoms with E-state index in [1.165, 1.54) is 32.1 Å². The third-order valence-corrected chi connectivity index (χ3v) is 4.74. The van der Waals surface area contributed by atoms with E-state index in [-0.39, 0.29) is 17.4 Å². The van der Waals surface area contributed by atoms with E-state index in [9.17, 15) is 4.79 Å². The van der Waals surface area contributed by atoms with Crippen LogP contribution in [-0.4, -0.2) is 34.2 Å². The summed E-state index contributed by atoms with van der Waals surface area (Å²) in [6, 6.07) is 0. The van der Waals surface area contributed by atoms with Crippen LogP contribution in [0.1, 0.15) is 55.4 Å². The molecule has 1 aromatic rings. The molecule has 19 heavy (non-hydrogen) atoms. The van der Waals surface area contributed by atoms with Gasteiger partial charge >= 0.3 is 0 Å². The molecule has 2 aliphatic rings. The predicted octanol–water partition coefficient (Wildman–Crippen LogP) is 1.84. The Kier molecular flexibility index (Phi) is 3.16. The highest BCUT2D eigenvalue weighted by Crippen LogP contribution is 2.44. The lowest BCUT2D eigenvalue weighted by Crippen LogP contribution is -2.44. The van der Waals surface area contributed by atoms with Gasteiger partial charge in [0.2, 0.25) is 11.5 Å². The second-order valence-electron chi connectivity index (χ2n) is 5.85. The molecule has 104 valence electrons. The number of carbonyl (C=O) groups is 1. The first-order chi connectivity index (χ1) is 9.20. The van der Waals surface area contributed by atoms with E-state index in [2.05, 4.69) is 14.9 Å². The SMILES string of the molecule is Nc1nonc1C(=O)N1CCC2(CCCCC2)CC1. The van der Waals surface area contributed by atoms with Crippen molar-refractivity contribution in [2.45, 2.75) is 44.9 Å². The van der Waals surface area contributed by atoms with Gasteiger partial charge < -0.3 is 10.6 Å². The van der Waals surface area contributed by atoms with Gasteiger partial charge in [0.1, 0.15) is 0 Å². The zero-order chi connectivity index (χ0) is 13.3. The molecule has 1 saturated carbocycles. The normalized spacial score (nSPS) is 22.6. The van der Waals surface area contributed by atoms with E-state index >= 15 is 0 Å². The molecule has 1 aromatic heterocycles. The van der Waals surface area contributed by atoms with Crippen LogP contribution in [0.15, 0.2) is 4.63 Å². The van der Waals surface area contributed by atoms with Gasteiger partial charge in [-0.3, -0.25) is 4.79 Å². The summed E-state index contributed by atoms with van der Waals surface area (Å²) in [5, 5.41) is 7.05. The predicted molar refractivity (Wildman–Crippen MR) is 69.4 cm³/mol. The van der Waals surface area contributed by atoms with Gasteiger partial charge in [-0.05, 0) is 41.4 Å². The molecule has 1 spiro atoms. The van der Waals surface area contributed by atoms with Crippen LogP contribution in [0.25, 0.3) is 0 Å². The second-order valence-corrected chi connectivity index (χ2v) is 5.85. The Morgan fingerprint density at radius 1 is 1.11 bits per heavy atom. The van der Waals surface area contributed by atoms with Gasteiger partial charge in [-0.25, -0.2) is 4.63 Å². The summed E-state index contributed by atoms with van der Waals surface area (Å²) in [7, 11) is 0. The monoisotopic (exact) mass is 264 g/mol. The van der Waals surface area contributed by atoms with Crippen molar-refractivity contribution in [3.63, 3.8) is 0 Å². The fourth-order valence-corrected chi connectivity index (χ4v) is 3.48. The average Bonchev–Trinajstić information content (AvgIpc) is 2.86. The quantitative estimate of drug-likeness (QED) is 0.836. The molecule has 0 aromatic carbocycles. The van der Waals surface area contributed by atoms with Crippen LogP contribution in [0.3, 0.4) is 0 Å². The van der Waals surface area contributed by atoms with Crippen molar-refractivity contribution in [1.82, 2.24) is 15.2 Å². The highest BCUT2D eigenvalue weighted by atomic mass is 16.6. The summed E-state index contributed by atoms with van der Waals surface area (Å²) in [5.41, 5.74) is 6.21. The van der Waals surface area contributed by atoms with Crippen LogP contribution in [0.2, 0.25) is 0 Å². The molecule has 0 radical (unpaired) electrons. The number of hydrogen-bond donors (Lipinski definition) is 1. The number of nitrogens with zero attached hydrogens (tertiary/aromatic N) is 3. The average molecular weight is 264 g/mol. The van der Waals surface area contributed by atoms with Crippen molar-refractivity contribution in [1.29, 1.82) is 0 Å². The summed E-state index contributed by atoms with van der Waals surface area (Å²) in [4.78, 5) is 14.1. The van der Waals surface area contributed by atoms with Gasteiger partial charge in [-0.15, -0.1) is 0 Å².